The topological polar surface area (TPSA) is 58.6 Å². The first-order valence-corrected chi connectivity index (χ1v) is 7.93. The Kier molecular flexibility index (Phi) is 4.63. The number of para-hydroxylation sites is 1. The van der Waals surface area contributed by atoms with Gasteiger partial charge in [0.1, 0.15) is 5.75 Å². The molecule has 0 bridgehead atoms. The van der Waals surface area contributed by atoms with Gasteiger partial charge in [-0.15, -0.1) is 0 Å². The summed E-state index contributed by atoms with van der Waals surface area (Å²) in [5.41, 5.74) is 3.76. The summed E-state index contributed by atoms with van der Waals surface area (Å²) in [6.45, 7) is 1.91. The molecule has 0 radical (unpaired) electrons. The van der Waals surface area contributed by atoms with Crippen LogP contribution in [0.1, 0.15) is 35.6 Å². The van der Waals surface area contributed by atoms with Crippen LogP contribution in [0.15, 0.2) is 42.5 Å². The minimum Gasteiger partial charge on any atom is -0.483 e. The highest BCUT2D eigenvalue weighted by Crippen LogP contribution is 2.35. The van der Waals surface area contributed by atoms with Crippen LogP contribution < -0.4 is 10.1 Å². The molecule has 1 aliphatic rings. The fourth-order valence-electron chi connectivity index (χ4n) is 2.97. The summed E-state index contributed by atoms with van der Waals surface area (Å²) >= 11 is 0. The highest BCUT2D eigenvalue weighted by atomic mass is 16.5. The molecule has 2 N–H and O–H groups in total. The van der Waals surface area contributed by atoms with Gasteiger partial charge in [-0.3, -0.25) is 4.79 Å². The third-order valence-electron chi connectivity index (χ3n) is 4.21. The molecule has 4 heteroatoms. The van der Waals surface area contributed by atoms with Crippen molar-refractivity contribution < 1.29 is 14.6 Å². The fourth-order valence-corrected chi connectivity index (χ4v) is 2.97. The van der Waals surface area contributed by atoms with Crippen molar-refractivity contribution in [2.75, 3.05) is 11.9 Å². The molecule has 23 heavy (non-hydrogen) atoms. The van der Waals surface area contributed by atoms with Crippen LogP contribution in [0, 0.1) is 6.92 Å². The second-order valence-corrected chi connectivity index (χ2v) is 5.88. The minimum absolute atomic E-state index is 0.0408. The van der Waals surface area contributed by atoms with Crippen LogP contribution in [-0.4, -0.2) is 17.6 Å². The third-order valence-corrected chi connectivity index (χ3v) is 4.21. The van der Waals surface area contributed by atoms with Crippen molar-refractivity contribution in [2.45, 2.75) is 32.3 Å². The Morgan fingerprint density at radius 1 is 1.26 bits per heavy atom. The van der Waals surface area contributed by atoms with E-state index < -0.39 is 6.10 Å². The number of anilines is 1. The molecule has 0 heterocycles. The number of carbonyl (C=O) groups excluding carboxylic acids is 1. The quantitative estimate of drug-likeness (QED) is 0.910. The van der Waals surface area contributed by atoms with Crippen LogP contribution in [0.3, 0.4) is 0 Å². The predicted molar refractivity (Wildman–Crippen MR) is 89.6 cm³/mol. The Balaban J connectivity index is 1.66. The molecular weight excluding hydrogens is 290 g/mol. The summed E-state index contributed by atoms with van der Waals surface area (Å²) in [4.78, 5) is 12.1. The van der Waals surface area contributed by atoms with Crippen molar-refractivity contribution >= 4 is 11.6 Å². The first kappa shape index (κ1) is 15.6. The van der Waals surface area contributed by atoms with E-state index in [0.717, 1.165) is 41.6 Å². The first-order valence-electron chi connectivity index (χ1n) is 7.93. The maximum atomic E-state index is 12.1. The molecule has 1 atom stereocenters. The average Bonchev–Trinajstić information content (AvgIpc) is 2.55. The van der Waals surface area contributed by atoms with Crippen molar-refractivity contribution in [3.8, 4) is 5.75 Å². The Labute approximate surface area is 136 Å². The van der Waals surface area contributed by atoms with E-state index in [1.807, 2.05) is 49.4 Å². The Morgan fingerprint density at radius 3 is 2.91 bits per heavy atom. The number of hydrogen-bond acceptors (Lipinski definition) is 3. The zero-order valence-corrected chi connectivity index (χ0v) is 13.2. The number of aryl methyl sites for hydroxylation is 1. The number of hydrogen-bond donors (Lipinski definition) is 2. The van der Waals surface area contributed by atoms with E-state index in [1.165, 1.54) is 0 Å². The number of amides is 1. The zero-order chi connectivity index (χ0) is 16.2. The van der Waals surface area contributed by atoms with Gasteiger partial charge in [-0.1, -0.05) is 30.3 Å². The van der Waals surface area contributed by atoms with E-state index in [4.69, 9.17) is 4.74 Å². The van der Waals surface area contributed by atoms with Crippen molar-refractivity contribution in [3.05, 3.63) is 59.2 Å². The fraction of sp³-hybridized carbons (Fsp3) is 0.316. The maximum absolute atomic E-state index is 12.1. The third kappa shape index (κ3) is 3.54. The number of nitrogens with one attached hydrogen (secondary N) is 1. The van der Waals surface area contributed by atoms with Crippen molar-refractivity contribution in [3.63, 3.8) is 0 Å². The van der Waals surface area contributed by atoms with Gasteiger partial charge in [-0.2, -0.15) is 0 Å². The number of benzene rings is 2. The summed E-state index contributed by atoms with van der Waals surface area (Å²) in [6, 6.07) is 13.3. The first-order chi connectivity index (χ1) is 11.1. The highest BCUT2D eigenvalue weighted by Gasteiger charge is 2.21. The van der Waals surface area contributed by atoms with E-state index in [-0.39, 0.29) is 12.5 Å². The lowest BCUT2D eigenvalue weighted by molar-refractivity contribution is -0.118. The number of carbonyl (C=O) groups is 1. The van der Waals surface area contributed by atoms with Gasteiger partial charge in [-0.05, 0) is 55.0 Å². The number of fused-ring (bicyclic) bond motifs is 1. The number of rotatable bonds is 4. The van der Waals surface area contributed by atoms with Gasteiger partial charge < -0.3 is 15.2 Å². The van der Waals surface area contributed by atoms with E-state index in [9.17, 15) is 9.90 Å². The highest BCUT2D eigenvalue weighted by molar-refractivity contribution is 5.92. The summed E-state index contributed by atoms with van der Waals surface area (Å²) in [5.74, 6) is 0.509. The van der Waals surface area contributed by atoms with Gasteiger partial charge in [0.2, 0.25) is 0 Å². The summed E-state index contributed by atoms with van der Waals surface area (Å²) in [5, 5.41) is 12.9. The Bertz CT molecular complexity index is 712. The number of ether oxygens (including phenoxy) is 1. The lowest BCUT2D eigenvalue weighted by Gasteiger charge is -2.23. The molecule has 0 saturated carbocycles. The van der Waals surface area contributed by atoms with Gasteiger partial charge in [0, 0.05) is 5.69 Å². The maximum Gasteiger partial charge on any atom is 0.262 e. The van der Waals surface area contributed by atoms with Crippen LogP contribution in [-0.2, 0) is 11.2 Å². The summed E-state index contributed by atoms with van der Waals surface area (Å²) in [7, 11) is 0. The normalized spacial score (nSPS) is 16.5. The number of aliphatic hydroxyl groups excluding tert-OH is 1. The largest absolute Gasteiger partial charge is 0.483 e. The molecule has 0 saturated heterocycles. The molecule has 0 unspecified atom stereocenters. The average molecular weight is 311 g/mol. The molecule has 1 aliphatic carbocycles. The molecule has 0 fully saturated rings. The van der Waals surface area contributed by atoms with Gasteiger partial charge in [0.15, 0.2) is 6.61 Å². The predicted octanol–water partition coefficient (Wildman–Crippen LogP) is 3.38. The van der Waals surface area contributed by atoms with E-state index in [2.05, 4.69) is 5.32 Å². The van der Waals surface area contributed by atoms with E-state index in [1.54, 1.807) is 0 Å². The zero-order valence-electron chi connectivity index (χ0n) is 13.2. The number of aliphatic hydroxyl groups is 1. The molecule has 2 aromatic carbocycles. The molecule has 4 nitrogen and oxygen atoms in total. The second kappa shape index (κ2) is 6.84. The van der Waals surface area contributed by atoms with Crippen LogP contribution in [0.4, 0.5) is 5.69 Å². The van der Waals surface area contributed by atoms with Crippen molar-refractivity contribution in [1.29, 1.82) is 0 Å². The lowest BCUT2D eigenvalue weighted by atomic mass is 9.89. The van der Waals surface area contributed by atoms with Crippen LogP contribution in [0.25, 0.3) is 0 Å². The molecular formula is C19H21NO3. The minimum atomic E-state index is -0.428. The Morgan fingerprint density at radius 2 is 2.09 bits per heavy atom. The van der Waals surface area contributed by atoms with Gasteiger partial charge in [-0.25, -0.2) is 0 Å². The molecule has 3 rings (SSSR count). The molecule has 1 amide bonds. The second-order valence-electron chi connectivity index (χ2n) is 5.88. The standard InChI is InChI=1S/C19H21NO3/c1-13-6-2-3-9-16(13)20-19(22)12-23-18-11-5-7-14-15(18)8-4-10-17(14)21/h2-3,5-7,9,11,17,21H,4,8,10,12H2,1H3,(H,20,22)/t17-/m0/s1. The molecule has 0 aliphatic heterocycles. The molecule has 0 aromatic heterocycles. The van der Waals surface area contributed by atoms with Gasteiger partial charge in [0.25, 0.3) is 5.91 Å². The van der Waals surface area contributed by atoms with Crippen LogP contribution in [0.5, 0.6) is 5.75 Å². The summed E-state index contributed by atoms with van der Waals surface area (Å²) in [6.07, 6.45) is 2.17. The van der Waals surface area contributed by atoms with Crippen LogP contribution in [0.2, 0.25) is 0 Å². The SMILES string of the molecule is Cc1ccccc1NC(=O)COc1cccc2c1CCC[C@@H]2O. The lowest BCUT2D eigenvalue weighted by Crippen LogP contribution is -2.21. The van der Waals surface area contributed by atoms with E-state index in [0.29, 0.717) is 5.75 Å². The summed E-state index contributed by atoms with van der Waals surface area (Å²) < 4.78 is 5.70. The Hall–Kier alpha value is -2.33. The van der Waals surface area contributed by atoms with E-state index >= 15 is 0 Å². The molecule has 2 aromatic rings. The van der Waals surface area contributed by atoms with Gasteiger partial charge >= 0.3 is 0 Å². The van der Waals surface area contributed by atoms with Crippen LogP contribution >= 0.6 is 0 Å². The molecule has 120 valence electrons. The van der Waals surface area contributed by atoms with Crippen molar-refractivity contribution in [1.82, 2.24) is 0 Å². The molecule has 0 spiro atoms. The van der Waals surface area contributed by atoms with Crippen molar-refractivity contribution in [2.24, 2.45) is 0 Å². The smallest absolute Gasteiger partial charge is 0.262 e. The van der Waals surface area contributed by atoms with Gasteiger partial charge in [0.05, 0.1) is 6.10 Å². The monoisotopic (exact) mass is 311 g/mol.